The van der Waals surface area contributed by atoms with Gasteiger partial charge in [-0.3, -0.25) is 4.79 Å². The number of halogens is 1. The molecule has 4 nitrogen and oxygen atoms in total. The van der Waals surface area contributed by atoms with Crippen molar-refractivity contribution in [1.82, 2.24) is 14.6 Å². The van der Waals surface area contributed by atoms with Crippen LogP contribution in [0.3, 0.4) is 0 Å². The van der Waals surface area contributed by atoms with Crippen molar-refractivity contribution in [2.45, 2.75) is 6.92 Å². The van der Waals surface area contributed by atoms with Crippen molar-refractivity contribution in [3.8, 4) is 0 Å². The summed E-state index contributed by atoms with van der Waals surface area (Å²) < 4.78 is 2.16. The van der Waals surface area contributed by atoms with Gasteiger partial charge >= 0.3 is 0 Å². The third-order valence-electron chi connectivity index (χ3n) is 1.55. The molecule has 5 heteroatoms. The molecule has 0 saturated carbocycles. The van der Waals surface area contributed by atoms with Gasteiger partial charge in [0.1, 0.15) is 5.65 Å². The third kappa shape index (κ3) is 1.13. The Balaban J connectivity index is 2.92. The first-order chi connectivity index (χ1) is 5.66. The lowest BCUT2D eigenvalue weighted by Crippen LogP contribution is -2.09. The first kappa shape index (κ1) is 7.78. The highest BCUT2D eigenvalue weighted by Gasteiger charge is 2.01. The molecule has 0 fully saturated rings. The van der Waals surface area contributed by atoms with Crippen molar-refractivity contribution in [3.63, 3.8) is 0 Å². The van der Waals surface area contributed by atoms with Crippen molar-refractivity contribution >= 4 is 28.2 Å². The van der Waals surface area contributed by atoms with Crippen LogP contribution in [0, 0.1) is 10.6 Å². The third-order valence-corrected chi connectivity index (χ3v) is 2.30. The van der Waals surface area contributed by atoms with Crippen LogP contribution in [-0.2, 0) is 0 Å². The van der Waals surface area contributed by atoms with Gasteiger partial charge in [0, 0.05) is 18.0 Å². The maximum atomic E-state index is 11.1. The second-order valence-corrected chi connectivity index (χ2v) is 3.59. The van der Waals surface area contributed by atoms with Gasteiger partial charge in [-0.15, -0.1) is 0 Å². The number of imidazole rings is 1. The highest BCUT2D eigenvalue weighted by molar-refractivity contribution is 14.1. The van der Waals surface area contributed by atoms with Gasteiger partial charge in [0.15, 0.2) is 3.70 Å². The summed E-state index contributed by atoms with van der Waals surface area (Å²) >= 11 is 1.92. The second kappa shape index (κ2) is 2.58. The van der Waals surface area contributed by atoms with E-state index >= 15 is 0 Å². The lowest BCUT2D eigenvalue weighted by Gasteiger charge is -1.90. The Kier molecular flexibility index (Phi) is 1.67. The number of rotatable bonds is 0. The number of aryl methyl sites for hydroxylation is 1. The van der Waals surface area contributed by atoms with E-state index in [2.05, 4.69) is 10.1 Å². The molecule has 12 heavy (non-hydrogen) atoms. The normalized spacial score (nSPS) is 10.8. The zero-order chi connectivity index (χ0) is 8.72. The molecule has 0 amide bonds. The molecule has 0 aliphatic heterocycles. The van der Waals surface area contributed by atoms with Gasteiger partial charge in [-0.2, -0.15) is 5.10 Å². The molecule has 0 aliphatic rings. The minimum Gasteiger partial charge on any atom is -0.342 e. The Hall–Kier alpha value is -0.850. The average molecular weight is 275 g/mol. The number of aromatic nitrogens is 3. The topological polar surface area (TPSA) is 50.2 Å². The molecule has 0 aromatic carbocycles. The number of aromatic amines is 1. The Morgan fingerprint density at radius 3 is 3.17 bits per heavy atom. The van der Waals surface area contributed by atoms with E-state index in [1.807, 2.05) is 35.7 Å². The Morgan fingerprint density at radius 2 is 2.42 bits per heavy atom. The number of hydrogen-bond donors (Lipinski definition) is 1. The Labute approximate surface area is 81.7 Å². The molecule has 0 aliphatic carbocycles. The van der Waals surface area contributed by atoms with E-state index in [9.17, 15) is 4.79 Å². The molecule has 0 bridgehead atoms. The van der Waals surface area contributed by atoms with Crippen molar-refractivity contribution in [3.05, 3.63) is 31.9 Å². The van der Waals surface area contributed by atoms with Gasteiger partial charge in [0.25, 0.3) is 0 Å². The second-order valence-electron chi connectivity index (χ2n) is 2.57. The van der Waals surface area contributed by atoms with E-state index in [4.69, 9.17) is 0 Å². The first-order valence-electron chi connectivity index (χ1n) is 3.41. The van der Waals surface area contributed by atoms with Gasteiger partial charge in [0.2, 0.25) is 5.43 Å². The number of hydrogen-bond acceptors (Lipinski definition) is 2. The van der Waals surface area contributed by atoms with E-state index in [1.54, 1.807) is 10.6 Å². The molecule has 0 unspecified atom stereocenters. The van der Waals surface area contributed by atoms with E-state index < -0.39 is 0 Å². The van der Waals surface area contributed by atoms with Crippen LogP contribution >= 0.6 is 22.6 Å². The average Bonchev–Trinajstić information content (AvgIpc) is 2.30. The molecule has 0 radical (unpaired) electrons. The van der Waals surface area contributed by atoms with Gasteiger partial charge in [0.05, 0.1) is 0 Å². The predicted octanol–water partition coefficient (Wildman–Crippen LogP) is 0.936. The van der Waals surface area contributed by atoms with Crippen LogP contribution in [0.4, 0.5) is 0 Å². The molecule has 1 N–H and O–H groups in total. The SMILES string of the molecule is Cc1cn2nc(I)c(=O)cc2[nH]1. The van der Waals surface area contributed by atoms with Gasteiger partial charge < -0.3 is 4.98 Å². The van der Waals surface area contributed by atoms with Gasteiger partial charge in [-0.25, -0.2) is 4.52 Å². The summed E-state index contributed by atoms with van der Waals surface area (Å²) in [5.41, 5.74) is 1.68. The van der Waals surface area contributed by atoms with E-state index in [1.165, 1.54) is 0 Å². The van der Waals surface area contributed by atoms with Gasteiger partial charge in [-0.05, 0) is 29.5 Å². The first-order valence-corrected chi connectivity index (χ1v) is 4.49. The smallest absolute Gasteiger partial charge is 0.215 e. The minimum atomic E-state index is -0.0440. The highest BCUT2D eigenvalue weighted by atomic mass is 127. The summed E-state index contributed by atoms with van der Waals surface area (Å²) in [5.74, 6) is 0. The Morgan fingerprint density at radius 1 is 1.67 bits per heavy atom. The van der Waals surface area contributed by atoms with Crippen LogP contribution in [0.5, 0.6) is 0 Å². The van der Waals surface area contributed by atoms with Crippen molar-refractivity contribution in [1.29, 1.82) is 0 Å². The molecule has 2 rings (SSSR count). The monoisotopic (exact) mass is 275 g/mol. The maximum Gasteiger partial charge on any atom is 0.215 e. The fraction of sp³-hybridized carbons (Fsp3) is 0.143. The van der Waals surface area contributed by atoms with Gasteiger partial charge in [-0.1, -0.05) is 0 Å². The zero-order valence-electron chi connectivity index (χ0n) is 6.34. The lowest BCUT2D eigenvalue weighted by atomic mass is 10.5. The summed E-state index contributed by atoms with van der Waals surface area (Å²) in [6.07, 6.45) is 1.84. The summed E-state index contributed by atoms with van der Waals surface area (Å²) in [4.78, 5) is 14.2. The molecule has 0 saturated heterocycles. The molecule has 0 spiro atoms. The fourth-order valence-corrected chi connectivity index (χ4v) is 1.45. The van der Waals surface area contributed by atoms with E-state index in [0.717, 1.165) is 11.3 Å². The highest BCUT2D eigenvalue weighted by Crippen LogP contribution is 2.00. The fourth-order valence-electron chi connectivity index (χ4n) is 1.06. The zero-order valence-corrected chi connectivity index (χ0v) is 8.49. The van der Waals surface area contributed by atoms with E-state index in [-0.39, 0.29) is 5.43 Å². The molecular formula is C7H6IN3O. The summed E-state index contributed by atoms with van der Waals surface area (Å²) in [5, 5.41) is 4.06. The largest absolute Gasteiger partial charge is 0.342 e. The molecular weight excluding hydrogens is 269 g/mol. The summed E-state index contributed by atoms with van der Waals surface area (Å²) in [6, 6.07) is 1.54. The molecule has 2 heterocycles. The van der Waals surface area contributed by atoms with Crippen LogP contribution in [0.1, 0.15) is 5.69 Å². The standard InChI is InChI=1S/C7H6IN3O/c1-4-3-11-6(9-4)2-5(12)7(8)10-11/h2-3,9H,1H3. The van der Waals surface area contributed by atoms with Crippen molar-refractivity contribution < 1.29 is 0 Å². The number of nitrogens with zero attached hydrogens (tertiary/aromatic N) is 2. The molecule has 2 aromatic rings. The predicted molar refractivity (Wildman–Crippen MR) is 53.3 cm³/mol. The van der Waals surface area contributed by atoms with Crippen LogP contribution in [-0.4, -0.2) is 14.6 Å². The quantitative estimate of drug-likeness (QED) is 0.727. The summed E-state index contributed by atoms with van der Waals surface area (Å²) in [6.45, 7) is 1.92. The Bertz CT molecular complexity index is 485. The molecule has 0 atom stereocenters. The van der Waals surface area contributed by atoms with Crippen molar-refractivity contribution in [2.24, 2.45) is 0 Å². The van der Waals surface area contributed by atoms with E-state index in [0.29, 0.717) is 3.70 Å². The van der Waals surface area contributed by atoms with Crippen LogP contribution in [0.15, 0.2) is 17.1 Å². The number of nitrogens with one attached hydrogen (secondary N) is 1. The van der Waals surface area contributed by atoms with Crippen LogP contribution in [0.25, 0.3) is 5.65 Å². The van der Waals surface area contributed by atoms with Crippen LogP contribution < -0.4 is 5.43 Å². The molecule has 2 aromatic heterocycles. The molecule has 62 valence electrons. The van der Waals surface area contributed by atoms with Crippen LogP contribution in [0.2, 0.25) is 0 Å². The van der Waals surface area contributed by atoms with Crippen molar-refractivity contribution in [2.75, 3.05) is 0 Å². The summed E-state index contributed by atoms with van der Waals surface area (Å²) in [7, 11) is 0. The number of fused-ring (bicyclic) bond motifs is 1. The lowest BCUT2D eigenvalue weighted by molar-refractivity contribution is 0.903. The minimum absolute atomic E-state index is 0.0440. The maximum absolute atomic E-state index is 11.1. The number of H-pyrrole nitrogens is 1.